The summed E-state index contributed by atoms with van der Waals surface area (Å²) in [4.78, 5) is 10.9. The molecule has 0 fully saturated rings. The summed E-state index contributed by atoms with van der Waals surface area (Å²) in [6.07, 6.45) is 2.76. The average molecular weight is 140 g/mol. The minimum Gasteiger partial charge on any atom is -0.461 e. The van der Waals surface area contributed by atoms with Gasteiger partial charge in [0.15, 0.2) is 0 Å². The topological polar surface area (TPSA) is 35.5 Å². The number of hydrogen-bond acceptors (Lipinski definition) is 3. The summed E-state index contributed by atoms with van der Waals surface area (Å²) < 4.78 is 9.78. The summed E-state index contributed by atoms with van der Waals surface area (Å²) >= 11 is 0. The predicted molar refractivity (Wildman–Crippen MR) is 32.9 cm³/mol. The summed E-state index contributed by atoms with van der Waals surface area (Å²) in [7, 11) is 0. The van der Waals surface area contributed by atoms with Crippen molar-refractivity contribution >= 4 is 5.97 Å². The van der Waals surface area contributed by atoms with Gasteiger partial charge in [-0.05, 0) is 12.8 Å². The molecule has 0 atom stereocenters. The Hall–Kier alpha value is -0.990. The van der Waals surface area contributed by atoms with Crippen molar-refractivity contribution in [1.82, 2.24) is 0 Å². The Morgan fingerprint density at radius 3 is 2.90 bits per heavy atom. The SMILES string of the molecule is O=C1OCOC2=C1CCC2. The van der Waals surface area contributed by atoms with E-state index in [0.29, 0.717) is 0 Å². The minimum absolute atomic E-state index is 0.109. The van der Waals surface area contributed by atoms with Crippen molar-refractivity contribution in [2.75, 3.05) is 6.79 Å². The number of carbonyl (C=O) groups is 1. The number of hydrogen-bond donors (Lipinski definition) is 0. The van der Waals surface area contributed by atoms with Gasteiger partial charge in [0.2, 0.25) is 6.79 Å². The Morgan fingerprint density at radius 2 is 2.10 bits per heavy atom. The fourth-order valence-corrected chi connectivity index (χ4v) is 1.33. The smallest absolute Gasteiger partial charge is 0.340 e. The highest BCUT2D eigenvalue weighted by atomic mass is 16.7. The second-order valence-corrected chi connectivity index (χ2v) is 2.45. The van der Waals surface area contributed by atoms with E-state index in [9.17, 15) is 4.79 Å². The first-order chi connectivity index (χ1) is 4.88. The molecular weight excluding hydrogens is 132 g/mol. The van der Waals surface area contributed by atoms with Crippen molar-refractivity contribution in [3.05, 3.63) is 11.3 Å². The number of cyclic esters (lactones) is 1. The summed E-state index contributed by atoms with van der Waals surface area (Å²) in [5.74, 6) is 0.676. The molecule has 0 amide bonds. The molecule has 0 aromatic carbocycles. The van der Waals surface area contributed by atoms with Gasteiger partial charge in [0.25, 0.3) is 0 Å². The largest absolute Gasteiger partial charge is 0.461 e. The zero-order valence-corrected chi connectivity index (χ0v) is 5.55. The predicted octanol–water partition coefficient (Wildman–Crippen LogP) is 0.955. The van der Waals surface area contributed by atoms with Crippen molar-refractivity contribution in [2.45, 2.75) is 19.3 Å². The van der Waals surface area contributed by atoms with Crippen LogP contribution in [0.1, 0.15) is 19.3 Å². The van der Waals surface area contributed by atoms with Gasteiger partial charge in [0, 0.05) is 6.42 Å². The van der Waals surface area contributed by atoms with Crippen LogP contribution in [-0.4, -0.2) is 12.8 Å². The molecule has 1 aliphatic heterocycles. The second kappa shape index (κ2) is 2.01. The average Bonchev–Trinajstić information content (AvgIpc) is 2.36. The van der Waals surface area contributed by atoms with Crippen molar-refractivity contribution in [2.24, 2.45) is 0 Å². The van der Waals surface area contributed by atoms with E-state index in [1.54, 1.807) is 0 Å². The van der Waals surface area contributed by atoms with Gasteiger partial charge in [-0.1, -0.05) is 0 Å². The van der Waals surface area contributed by atoms with Crippen LogP contribution in [0, 0.1) is 0 Å². The van der Waals surface area contributed by atoms with Crippen molar-refractivity contribution < 1.29 is 14.3 Å². The molecule has 0 spiro atoms. The summed E-state index contributed by atoms with van der Waals surface area (Å²) in [5.41, 5.74) is 0.756. The van der Waals surface area contributed by atoms with Gasteiger partial charge in [-0.3, -0.25) is 0 Å². The fraction of sp³-hybridized carbons (Fsp3) is 0.571. The Morgan fingerprint density at radius 1 is 1.20 bits per heavy atom. The number of allylic oxidation sites excluding steroid dienone is 1. The molecular formula is C7H8O3. The maximum atomic E-state index is 10.9. The van der Waals surface area contributed by atoms with E-state index in [1.807, 2.05) is 0 Å². The monoisotopic (exact) mass is 140 g/mol. The van der Waals surface area contributed by atoms with E-state index in [-0.39, 0.29) is 12.8 Å². The molecule has 0 aromatic heterocycles. The quantitative estimate of drug-likeness (QED) is 0.470. The normalized spacial score (nSPS) is 23.8. The van der Waals surface area contributed by atoms with Crippen molar-refractivity contribution in [1.29, 1.82) is 0 Å². The van der Waals surface area contributed by atoms with Crippen LogP contribution in [-0.2, 0) is 14.3 Å². The Balaban J connectivity index is 2.31. The minimum atomic E-state index is -0.182. The molecule has 54 valence electrons. The highest BCUT2D eigenvalue weighted by Gasteiger charge is 2.26. The molecule has 0 saturated heterocycles. The molecule has 2 rings (SSSR count). The highest BCUT2D eigenvalue weighted by Crippen LogP contribution is 2.29. The zero-order valence-electron chi connectivity index (χ0n) is 5.55. The van der Waals surface area contributed by atoms with Crippen molar-refractivity contribution in [3.8, 4) is 0 Å². The summed E-state index contributed by atoms with van der Waals surface area (Å²) in [5, 5.41) is 0. The van der Waals surface area contributed by atoms with Crippen LogP contribution in [0.15, 0.2) is 11.3 Å². The first-order valence-corrected chi connectivity index (χ1v) is 3.40. The van der Waals surface area contributed by atoms with E-state index >= 15 is 0 Å². The molecule has 10 heavy (non-hydrogen) atoms. The molecule has 0 unspecified atom stereocenters. The number of ether oxygens (including phenoxy) is 2. The van der Waals surface area contributed by atoms with Gasteiger partial charge in [-0.25, -0.2) is 4.79 Å². The standard InChI is InChI=1S/C7H8O3/c8-7-5-2-1-3-6(5)9-4-10-7/h1-4H2. The molecule has 0 radical (unpaired) electrons. The van der Waals surface area contributed by atoms with E-state index in [2.05, 4.69) is 4.74 Å². The van der Waals surface area contributed by atoms with Crippen LogP contribution in [0.5, 0.6) is 0 Å². The van der Waals surface area contributed by atoms with Crippen LogP contribution < -0.4 is 0 Å². The maximum Gasteiger partial charge on any atom is 0.340 e. The lowest BCUT2D eigenvalue weighted by Gasteiger charge is -2.14. The van der Waals surface area contributed by atoms with E-state index in [1.165, 1.54) is 0 Å². The Labute approximate surface area is 58.6 Å². The van der Waals surface area contributed by atoms with Crippen LogP contribution in [0.25, 0.3) is 0 Å². The molecule has 1 aliphatic carbocycles. The van der Waals surface area contributed by atoms with Gasteiger partial charge in [0.1, 0.15) is 5.76 Å². The third kappa shape index (κ3) is 0.701. The van der Waals surface area contributed by atoms with E-state index in [0.717, 1.165) is 30.6 Å². The third-order valence-electron chi connectivity index (χ3n) is 1.84. The lowest BCUT2D eigenvalue weighted by Crippen LogP contribution is -2.16. The number of rotatable bonds is 0. The van der Waals surface area contributed by atoms with Gasteiger partial charge >= 0.3 is 5.97 Å². The molecule has 2 aliphatic rings. The molecule has 0 bridgehead atoms. The van der Waals surface area contributed by atoms with Crippen LogP contribution in [0.2, 0.25) is 0 Å². The molecule has 0 saturated carbocycles. The maximum absolute atomic E-state index is 10.9. The lowest BCUT2D eigenvalue weighted by atomic mass is 10.2. The molecule has 0 N–H and O–H groups in total. The van der Waals surface area contributed by atoms with Crippen molar-refractivity contribution in [3.63, 3.8) is 0 Å². The van der Waals surface area contributed by atoms with Crippen LogP contribution >= 0.6 is 0 Å². The number of carbonyl (C=O) groups excluding carboxylic acids is 1. The lowest BCUT2D eigenvalue weighted by molar-refractivity contribution is -0.153. The Kier molecular flexibility index (Phi) is 1.16. The first kappa shape index (κ1) is 5.77. The van der Waals surface area contributed by atoms with E-state index < -0.39 is 0 Å². The molecule has 3 heteroatoms. The fourth-order valence-electron chi connectivity index (χ4n) is 1.33. The second-order valence-electron chi connectivity index (χ2n) is 2.45. The highest BCUT2D eigenvalue weighted by molar-refractivity contribution is 5.89. The van der Waals surface area contributed by atoms with Gasteiger partial charge in [-0.15, -0.1) is 0 Å². The molecule has 3 nitrogen and oxygen atoms in total. The van der Waals surface area contributed by atoms with Crippen LogP contribution in [0.4, 0.5) is 0 Å². The van der Waals surface area contributed by atoms with Gasteiger partial charge in [-0.2, -0.15) is 0 Å². The summed E-state index contributed by atoms with van der Waals surface area (Å²) in [6.45, 7) is 0.109. The molecule has 1 heterocycles. The number of esters is 1. The zero-order chi connectivity index (χ0) is 6.97. The van der Waals surface area contributed by atoms with Gasteiger partial charge < -0.3 is 9.47 Å². The van der Waals surface area contributed by atoms with E-state index in [4.69, 9.17) is 4.74 Å². The molecule has 0 aromatic rings. The third-order valence-corrected chi connectivity index (χ3v) is 1.84. The first-order valence-electron chi connectivity index (χ1n) is 3.40. The van der Waals surface area contributed by atoms with Gasteiger partial charge in [0.05, 0.1) is 5.57 Å². The Bertz CT molecular complexity index is 205. The van der Waals surface area contributed by atoms with Crippen LogP contribution in [0.3, 0.4) is 0 Å². The summed E-state index contributed by atoms with van der Waals surface area (Å²) in [6, 6.07) is 0.